The molecule has 0 aliphatic carbocycles. The first-order valence-corrected chi connectivity index (χ1v) is 7.46. The summed E-state index contributed by atoms with van der Waals surface area (Å²) in [5, 5.41) is 3.98. The van der Waals surface area contributed by atoms with Crippen molar-refractivity contribution in [3.63, 3.8) is 0 Å². The molecule has 0 radical (unpaired) electrons. The van der Waals surface area contributed by atoms with E-state index in [0.717, 1.165) is 22.1 Å². The fourth-order valence-electron chi connectivity index (χ4n) is 1.55. The molecule has 3 rings (SSSR count). The molecule has 0 saturated carbocycles. The van der Waals surface area contributed by atoms with Gasteiger partial charge in [0.25, 0.3) is 0 Å². The second-order valence-electron chi connectivity index (χ2n) is 3.59. The molecule has 1 aliphatic rings. The second-order valence-corrected chi connectivity index (χ2v) is 5.99. The van der Waals surface area contributed by atoms with E-state index in [2.05, 4.69) is 9.59 Å². The van der Waals surface area contributed by atoms with Gasteiger partial charge in [-0.15, -0.1) is 16.9 Å². The average Bonchev–Trinajstić information content (AvgIpc) is 2.82. The quantitative estimate of drug-likeness (QED) is 0.814. The third kappa shape index (κ3) is 2.55. The second kappa shape index (κ2) is 5.34. The molecule has 94 valence electrons. The van der Waals surface area contributed by atoms with Crippen LogP contribution in [0.5, 0.6) is 11.5 Å². The minimum Gasteiger partial charge on any atom is -0.486 e. The Hall–Kier alpha value is -0.980. The van der Waals surface area contributed by atoms with Crippen LogP contribution < -0.4 is 9.47 Å². The van der Waals surface area contributed by atoms with Crippen LogP contribution in [0.25, 0.3) is 0 Å². The molecule has 2 aromatic rings. The van der Waals surface area contributed by atoms with Gasteiger partial charge in [0.15, 0.2) is 11.5 Å². The molecule has 0 fully saturated rings. The van der Waals surface area contributed by atoms with E-state index in [1.807, 2.05) is 18.2 Å². The minimum atomic E-state index is 0.600. The molecule has 7 heteroatoms. The number of nitrogens with zero attached hydrogens (tertiary/aromatic N) is 2. The minimum absolute atomic E-state index is 0.600. The van der Waals surface area contributed by atoms with E-state index in [4.69, 9.17) is 21.1 Å². The van der Waals surface area contributed by atoms with Gasteiger partial charge < -0.3 is 9.47 Å². The number of benzene rings is 1. The number of fused-ring (bicyclic) bond motifs is 1. The monoisotopic (exact) mass is 300 g/mol. The summed E-state index contributed by atoms with van der Waals surface area (Å²) in [6, 6.07) is 5.91. The van der Waals surface area contributed by atoms with Crippen molar-refractivity contribution < 1.29 is 9.47 Å². The average molecular weight is 301 g/mol. The van der Waals surface area contributed by atoms with Gasteiger partial charge in [-0.1, -0.05) is 16.1 Å². The molecule has 1 aliphatic heterocycles. The highest BCUT2D eigenvalue weighted by atomic mass is 35.5. The summed E-state index contributed by atoms with van der Waals surface area (Å²) in [6.45, 7) is 1.21. The topological polar surface area (TPSA) is 44.2 Å². The maximum absolute atomic E-state index is 5.96. The Morgan fingerprint density at radius 3 is 2.89 bits per heavy atom. The molecule has 0 saturated heterocycles. The van der Waals surface area contributed by atoms with Crippen molar-refractivity contribution in [3.05, 3.63) is 28.2 Å². The summed E-state index contributed by atoms with van der Waals surface area (Å²) >= 11 is 8.81. The normalized spacial score (nSPS) is 13.6. The number of hydrogen-bond donors (Lipinski definition) is 0. The zero-order valence-corrected chi connectivity index (χ0v) is 11.6. The molecular formula is C11H9ClN2O2S2. The van der Waals surface area contributed by atoms with E-state index in [1.54, 1.807) is 11.8 Å². The standard InChI is InChI=1S/C11H9ClN2O2S2/c12-11-8(13-14-18-11)6-17-7-1-2-9-10(5-7)16-4-3-15-9/h1-2,5H,3-4,6H2. The van der Waals surface area contributed by atoms with E-state index in [-0.39, 0.29) is 0 Å². The van der Waals surface area contributed by atoms with Crippen molar-refractivity contribution in [2.45, 2.75) is 10.6 Å². The molecule has 2 heterocycles. The zero-order valence-electron chi connectivity index (χ0n) is 9.26. The van der Waals surface area contributed by atoms with Crippen molar-refractivity contribution in [2.75, 3.05) is 13.2 Å². The lowest BCUT2D eigenvalue weighted by molar-refractivity contribution is 0.171. The van der Waals surface area contributed by atoms with Gasteiger partial charge in [0.05, 0.1) is 0 Å². The Kier molecular flexibility index (Phi) is 3.58. The Bertz CT molecular complexity index is 562. The first-order valence-electron chi connectivity index (χ1n) is 5.32. The van der Waals surface area contributed by atoms with E-state index >= 15 is 0 Å². The summed E-state index contributed by atoms with van der Waals surface area (Å²) in [5.41, 5.74) is 0.821. The van der Waals surface area contributed by atoms with E-state index < -0.39 is 0 Å². The van der Waals surface area contributed by atoms with Crippen molar-refractivity contribution >= 4 is 34.9 Å². The molecule has 0 N–H and O–H groups in total. The summed E-state index contributed by atoms with van der Waals surface area (Å²) in [5.74, 6) is 2.31. The summed E-state index contributed by atoms with van der Waals surface area (Å²) in [7, 11) is 0. The molecule has 0 spiro atoms. The molecule has 1 aromatic heterocycles. The SMILES string of the molecule is Clc1snnc1CSc1ccc2c(c1)OCCO2. The summed E-state index contributed by atoms with van der Waals surface area (Å²) in [6.07, 6.45) is 0. The first kappa shape index (κ1) is 12.1. The molecule has 1 aromatic carbocycles. The Morgan fingerprint density at radius 2 is 2.11 bits per heavy atom. The highest BCUT2D eigenvalue weighted by Crippen LogP contribution is 2.35. The van der Waals surface area contributed by atoms with Crippen LogP contribution in [-0.4, -0.2) is 22.8 Å². The maximum atomic E-state index is 5.96. The van der Waals surface area contributed by atoms with Crippen LogP contribution in [0.2, 0.25) is 4.34 Å². The van der Waals surface area contributed by atoms with Crippen LogP contribution in [0.4, 0.5) is 0 Å². The van der Waals surface area contributed by atoms with Crippen LogP contribution in [-0.2, 0) is 5.75 Å². The zero-order chi connectivity index (χ0) is 12.4. The lowest BCUT2D eigenvalue weighted by atomic mass is 10.3. The predicted octanol–water partition coefficient (Wildman–Crippen LogP) is 3.26. The number of hydrogen-bond acceptors (Lipinski definition) is 6. The number of halogens is 1. The van der Waals surface area contributed by atoms with Crippen molar-refractivity contribution in [2.24, 2.45) is 0 Å². The van der Waals surface area contributed by atoms with Gasteiger partial charge in [0.2, 0.25) is 0 Å². The fraction of sp³-hybridized carbons (Fsp3) is 0.273. The Balaban J connectivity index is 1.71. The largest absolute Gasteiger partial charge is 0.486 e. The van der Waals surface area contributed by atoms with Crippen molar-refractivity contribution in [1.82, 2.24) is 9.59 Å². The third-order valence-corrected chi connectivity index (χ3v) is 4.39. The third-order valence-electron chi connectivity index (χ3n) is 2.40. The molecule has 0 amide bonds. The van der Waals surface area contributed by atoms with Gasteiger partial charge in [-0.25, -0.2) is 0 Å². The number of thioether (sulfide) groups is 1. The lowest BCUT2D eigenvalue weighted by Crippen LogP contribution is -2.15. The van der Waals surface area contributed by atoms with Crippen molar-refractivity contribution in [1.29, 1.82) is 0 Å². The summed E-state index contributed by atoms with van der Waals surface area (Å²) in [4.78, 5) is 1.10. The van der Waals surface area contributed by atoms with Crippen LogP contribution in [0, 0.1) is 0 Å². The van der Waals surface area contributed by atoms with Gasteiger partial charge >= 0.3 is 0 Å². The van der Waals surface area contributed by atoms with Crippen LogP contribution in [0.15, 0.2) is 23.1 Å². The first-order chi connectivity index (χ1) is 8.83. The van der Waals surface area contributed by atoms with E-state index in [9.17, 15) is 0 Å². The highest BCUT2D eigenvalue weighted by Gasteiger charge is 2.12. The predicted molar refractivity (Wildman–Crippen MR) is 71.9 cm³/mol. The Labute approximate surface area is 117 Å². The Morgan fingerprint density at radius 1 is 1.28 bits per heavy atom. The number of aromatic nitrogens is 2. The van der Waals surface area contributed by atoms with Gasteiger partial charge in [-0.3, -0.25) is 0 Å². The molecular weight excluding hydrogens is 292 g/mol. The van der Waals surface area contributed by atoms with Crippen molar-refractivity contribution in [3.8, 4) is 11.5 Å². The van der Waals surface area contributed by atoms with Crippen LogP contribution in [0.1, 0.15) is 5.69 Å². The fourth-order valence-corrected chi connectivity index (χ4v) is 3.21. The number of rotatable bonds is 3. The van der Waals surface area contributed by atoms with E-state index in [1.165, 1.54) is 11.5 Å². The summed E-state index contributed by atoms with van der Waals surface area (Å²) < 4.78 is 15.5. The smallest absolute Gasteiger partial charge is 0.162 e. The van der Waals surface area contributed by atoms with Crippen LogP contribution >= 0.6 is 34.9 Å². The number of ether oxygens (including phenoxy) is 2. The lowest BCUT2D eigenvalue weighted by Gasteiger charge is -2.18. The van der Waals surface area contributed by atoms with Crippen LogP contribution in [0.3, 0.4) is 0 Å². The maximum Gasteiger partial charge on any atom is 0.162 e. The molecule has 0 atom stereocenters. The van der Waals surface area contributed by atoms with Gasteiger partial charge in [-0.05, 0) is 18.2 Å². The van der Waals surface area contributed by atoms with E-state index in [0.29, 0.717) is 23.3 Å². The molecule has 18 heavy (non-hydrogen) atoms. The van der Waals surface area contributed by atoms with Gasteiger partial charge in [0, 0.05) is 22.2 Å². The molecule has 4 nitrogen and oxygen atoms in total. The molecule has 0 unspecified atom stereocenters. The molecule has 0 bridgehead atoms. The van der Waals surface area contributed by atoms with Gasteiger partial charge in [0.1, 0.15) is 23.2 Å². The van der Waals surface area contributed by atoms with Gasteiger partial charge in [-0.2, -0.15) is 0 Å². The highest BCUT2D eigenvalue weighted by molar-refractivity contribution is 7.98.